The third-order valence-electron chi connectivity index (χ3n) is 4.49. The van der Waals surface area contributed by atoms with Gasteiger partial charge in [-0.3, -0.25) is 0 Å². The lowest BCUT2D eigenvalue weighted by molar-refractivity contribution is -0.181. The van der Waals surface area contributed by atoms with E-state index < -0.39 is 5.79 Å². The van der Waals surface area contributed by atoms with Crippen LogP contribution >= 0.6 is 0 Å². The number of nitrogens with one attached hydrogen (secondary N) is 1. The molecule has 0 radical (unpaired) electrons. The number of hydrogen-bond acceptors (Lipinski definition) is 5. The van der Waals surface area contributed by atoms with Gasteiger partial charge < -0.3 is 24.4 Å². The van der Waals surface area contributed by atoms with Gasteiger partial charge in [0, 0.05) is 37.7 Å². The lowest BCUT2D eigenvalue weighted by Gasteiger charge is -2.37. The van der Waals surface area contributed by atoms with Crippen molar-refractivity contribution in [2.75, 3.05) is 38.2 Å². The predicted octanol–water partition coefficient (Wildman–Crippen LogP) is 2.63. The molecule has 0 saturated carbocycles. The van der Waals surface area contributed by atoms with E-state index in [4.69, 9.17) is 14.2 Å². The summed E-state index contributed by atoms with van der Waals surface area (Å²) in [5.74, 6) is -0.855. The van der Waals surface area contributed by atoms with Crippen LogP contribution in [-0.4, -0.2) is 55.6 Å². The smallest absolute Gasteiger partial charge is 0.330 e. The van der Waals surface area contributed by atoms with Gasteiger partial charge in [-0.25, -0.2) is 9.59 Å². The van der Waals surface area contributed by atoms with Crippen LogP contribution in [0.1, 0.15) is 25.3 Å². The van der Waals surface area contributed by atoms with Gasteiger partial charge in [-0.1, -0.05) is 12.1 Å². The van der Waals surface area contributed by atoms with Gasteiger partial charge in [0.05, 0.1) is 19.8 Å². The Kier molecular flexibility index (Phi) is 5.90. The fraction of sp³-hybridized carbons (Fsp3) is 0.474. The molecule has 2 aliphatic rings. The summed E-state index contributed by atoms with van der Waals surface area (Å²) in [6.07, 6.45) is 4.44. The first-order valence-electron chi connectivity index (χ1n) is 8.89. The molecule has 2 fully saturated rings. The minimum absolute atomic E-state index is 0.132. The Labute approximate surface area is 152 Å². The molecule has 3 rings (SSSR count). The van der Waals surface area contributed by atoms with Crippen molar-refractivity contribution in [2.24, 2.45) is 0 Å². The van der Waals surface area contributed by atoms with Crippen LogP contribution in [0.4, 0.5) is 10.5 Å². The third kappa shape index (κ3) is 4.62. The minimum Gasteiger partial charge on any atom is -0.463 e. The van der Waals surface area contributed by atoms with Gasteiger partial charge >= 0.3 is 12.0 Å². The number of piperidine rings is 1. The molecule has 2 saturated heterocycles. The van der Waals surface area contributed by atoms with Gasteiger partial charge in [-0.15, -0.1) is 0 Å². The van der Waals surface area contributed by atoms with E-state index in [1.807, 2.05) is 12.1 Å². The molecule has 2 aliphatic heterocycles. The normalized spacial score (nSPS) is 19.0. The maximum Gasteiger partial charge on any atom is 0.330 e. The van der Waals surface area contributed by atoms with Crippen molar-refractivity contribution in [3.05, 3.63) is 35.9 Å². The van der Waals surface area contributed by atoms with E-state index in [2.05, 4.69) is 5.32 Å². The third-order valence-corrected chi connectivity index (χ3v) is 4.49. The van der Waals surface area contributed by atoms with Gasteiger partial charge in [0.2, 0.25) is 0 Å². The summed E-state index contributed by atoms with van der Waals surface area (Å²) >= 11 is 0. The average Bonchev–Trinajstić information content (AvgIpc) is 3.10. The number of hydrogen-bond donors (Lipinski definition) is 1. The van der Waals surface area contributed by atoms with Gasteiger partial charge in [0.25, 0.3) is 0 Å². The number of benzene rings is 1. The standard InChI is InChI=1S/C19H24N2O5/c1-2-24-17(22)8-5-15-3-6-16(7-4-15)20-18(23)21-11-9-19(10-12-21)25-13-14-26-19/h3-8H,2,9-14H2,1H3,(H,20,23)/b8-5-. The van der Waals surface area contributed by atoms with Crippen molar-refractivity contribution in [2.45, 2.75) is 25.6 Å². The Morgan fingerprint density at radius 3 is 2.46 bits per heavy atom. The number of ether oxygens (including phenoxy) is 3. The second-order valence-corrected chi connectivity index (χ2v) is 6.23. The number of carbonyl (C=O) groups is 2. The summed E-state index contributed by atoms with van der Waals surface area (Å²) in [6, 6.07) is 7.13. The molecule has 1 spiro atoms. The summed E-state index contributed by atoms with van der Waals surface area (Å²) in [5.41, 5.74) is 1.56. The van der Waals surface area contributed by atoms with Crippen LogP contribution in [-0.2, 0) is 19.0 Å². The zero-order valence-electron chi connectivity index (χ0n) is 14.9. The second kappa shape index (κ2) is 8.33. The highest BCUT2D eigenvalue weighted by Gasteiger charge is 2.40. The number of nitrogens with zero attached hydrogens (tertiary/aromatic N) is 1. The molecule has 2 amide bonds. The SMILES string of the molecule is CCOC(=O)/C=C\c1ccc(NC(=O)N2CCC3(CC2)OCCO3)cc1. The van der Waals surface area contributed by atoms with Crippen molar-refractivity contribution in [3.63, 3.8) is 0 Å². The van der Waals surface area contributed by atoms with E-state index in [9.17, 15) is 9.59 Å². The molecule has 7 nitrogen and oxygen atoms in total. The molecule has 0 bridgehead atoms. The predicted molar refractivity (Wildman–Crippen MR) is 96.6 cm³/mol. The van der Waals surface area contributed by atoms with Crippen LogP contribution in [0.3, 0.4) is 0 Å². The first kappa shape index (κ1) is 18.4. The Morgan fingerprint density at radius 1 is 1.19 bits per heavy atom. The first-order chi connectivity index (χ1) is 12.6. The molecule has 0 unspecified atom stereocenters. The number of esters is 1. The van der Waals surface area contributed by atoms with Crippen molar-refractivity contribution >= 4 is 23.8 Å². The zero-order valence-corrected chi connectivity index (χ0v) is 14.9. The Morgan fingerprint density at radius 2 is 1.85 bits per heavy atom. The lowest BCUT2D eigenvalue weighted by Crippen LogP contribution is -2.48. The highest BCUT2D eigenvalue weighted by molar-refractivity contribution is 5.90. The van der Waals surface area contributed by atoms with E-state index in [-0.39, 0.29) is 12.0 Å². The van der Waals surface area contributed by atoms with Crippen molar-refractivity contribution in [1.29, 1.82) is 0 Å². The molecule has 0 aliphatic carbocycles. The summed E-state index contributed by atoms with van der Waals surface area (Å²) < 4.78 is 16.2. The number of anilines is 1. The van der Waals surface area contributed by atoms with Crippen LogP contribution in [0, 0.1) is 0 Å². The first-order valence-corrected chi connectivity index (χ1v) is 8.89. The minimum atomic E-state index is -0.482. The quantitative estimate of drug-likeness (QED) is 0.660. The summed E-state index contributed by atoms with van der Waals surface area (Å²) in [4.78, 5) is 25.5. The molecule has 1 aromatic carbocycles. The molecule has 1 N–H and O–H groups in total. The fourth-order valence-electron chi connectivity index (χ4n) is 3.07. The maximum absolute atomic E-state index is 12.4. The largest absolute Gasteiger partial charge is 0.463 e. The summed E-state index contributed by atoms with van der Waals surface area (Å²) in [5, 5.41) is 2.89. The topological polar surface area (TPSA) is 77.1 Å². The van der Waals surface area contributed by atoms with E-state index in [0.717, 1.165) is 5.56 Å². The number of amides is 2. The Hall–Kier alpha value is -2.38. The number of urea groups is 1. The van der Waals surface area contributed by atoms with Gasteiger partial charge in [0.15, 0.2) is 5.79 Å². The molecule has 0 atom stereocenters. The number of rotatable bonds is 4. The summed E-state index contributed by atoms with van der Waals surface area (Å²) in [6.45, 7) is 4.58. The van der Waals surface area contributed by atoms with Crippen LogP contribution in [0.2, 0.25) is 0 Å². The van der Waals surface area contributed by atoms with Crippen molar-refractivity contribution in [3.8, 4) is 0 Å². The van der Waals surface area contributed by atoms with Crippen LogP contribution < -0.4 is 5.32 Å². The van der Waals surface area contributed by atoms with Crippen LogP contribution in [0.15, 0.2) is 30.3 Å². The fourth-order valence-corrected chi connectivity index (χ4v) is 3.07. The van der Waals surface area contributed by atoms with E-state index >= 15 is 0 Å². The molecule has 1 aromatic rings. The van der Waals surface area contributed by atoms with Crippen molar-refractivity contribution in [1.82, 2.24) is 4.90 Å². The monoisotopic (exact) mass is 360 g/mol. The van der Waals surface area contributed by atoms with Crippen LogP contribution in [0.25, 0.3) is 6.08 Å². The highest BCUT2D eigenvalue weighted by atomic mass is 16.7. The molecule has 26 heavy (non-hydrogen) atoms. The average molecular weight is 360 g/mol. The van der Waals surface area contributed by atoms with E-state index in [1.165, 1.54) is 6.08 Å². The molecule has 7 heteroatoms. The molecule has 2 heterocycles. The van der Waals surface area contributed by atoms with Gasteiger partial charge in [0.1, 0.15) is 0 Å². The van der Waals surface area contributed by atoms with Crippen molar-refractivity contribution < 1.29 is 23.8 Å². The maximum atomic E-state index is 12.4. The highest BCUT2D eigenvalue weighted by Crippen LogP contribution is 2.31. The van der Waals surface area contributed by atoms with Gasteiger partial charge in [-0.05, 0) is 30.7 Å². The molecule has 0 aromatic heterocycles. The van der Waals surface area contributed by atoms with E-state index in [0.29, 0.717) is 51.4 Å². The number of likely N-dealkylation sites (tertiary alicyclic amines) is 1. The zero-order chi connectivity index (χ0) is 18.4. The number of carbonyl (C=O) groups excluding carboxylic acids is 2. The molecular formula is C19H24N2O5. The summed E-state index contributed by atoms with van der Waals surface area (Å²) in [7, 11) is 0. The Bertz CT molecular complexity index is 655. The Balaban J connectivity index is 1.49. The lowest BCUT2D eigenvalue weighted by atomic mass is 10.0. The molecule has 140 valence electrons. The second-order valence-electron chi connectivity index (χ2n) is 6.23. The van der Waals surface area contributed by atoms with Crippen LogP contribution in [0.5, 0.6) is 0 Å². The molecular weight excluding hydrogens is 336 g/mol. The van der Waals surface area contributed by atoms with E-state index in [1.54, 1.807) is 30.0 Å². The van der Waals surface area contributed by atoms with Gasteiger partial charge in [-0.2, -0.15) is 0 Å².